The first-order chi connectivity index (χ1) is 12.6. The molecule has 0 fully saturated rings. The van der Waals surface area contributed by atoms with Gasteiger partial charge in [0.1, 0.15) is 0 Å². The summed E-state index contributed by atoms with van der Waals surface area (Å²) < 4.78 is 2.38. The number of aromatic nitrogens is 1. The molecular weight excluding hydrogens is 360 g/mol. The van der Waals surface area contributed by atoms with Crippen molar-refractivity contribution in [2.24, 2.45) is 0 Å². The summed E-state index contributed by atoms with van der Waals surface area (Å²) in [6, 6.07) is 15.1. The highest BCUT2D eigenvalue weighted by molar-refractivity contribution is 7.98. The third-order valence-corrected chi connectivity index (χ3v) is 6.19. The van der Waals surface area contributed by atoms with Crippen LogP contribution in [0, 0.1) is 0 Å². The van der Waals surface area contributed by atoms with Crippen molar-refractivity contribution in [2.75, 3.05) is 19.8 Å². The predicted octanol–water partition coefficient (Wildman–Crippen LogP) is 6.02. The Morgan fingerprint density at radius 2 is 1.92 bits per heavy atom. The molecule has 0 atom stereocenters. The maximum absolute atomic E-state index is 6.30. The first-order valence-corrected chi connectivity index (χ1v) is 10.5. The number of thioether (sulfide) groups is 1. The monoisotopic (exact) mass is 382 g/mol. The lowest BCUT2D eigenvalue weighted by atomic mass is 10.1. The van der Waals surface area contributed by atoms with Gasteiger partial charge in [-0.1, -0.05) is 23.7 Å². The van der Waals surface area contributed by atoms with Gasteiger partial charge in [0, 0.05) is 46.7 Å². The van der Waals surface area contributed by atoms with Crippen molar-refractivity contribution in [2.45, 2.75) is 24.8 Å². The van der Waals surface area contributed by atoms with Crippen molar-refractivity contribution in [3.63, 3.8) is 0 Å². The SMILES string of the molecule is CSc1ccc(/C(C)=C/n2c3c(c4cc(Cl)ccc42)CN(C)CC3)cc1. The molecule has 134 valence electrons. The molecule has 26 heavy (non-hydrogen) atoms. The van der Waals surface area contributed by atoms with Crippen LogP contribution in [0.2, 0.25) is 5.02 Å². The van der Waals surface area contributed by atoms with E-state index in [1.54, 1.807) is 11.8 Å². The molecule has 1 aliphatic heterocycles. The van der Waals surface area contributed by atoms with Gasteiger partial charge in [0.25, 0.3) is 0 Å². The van der Waals surface area contributed by atoms with E-state index in [9.17, 15) is 0 Å². The van der Waals surface area contributed by atoms with Crippen molar-refractivity contribution in [1.82, 2.24) is 9.47 Å². The van der Waals surface area contributed by atoms with E-state index in [1.165, 1.54) is 38.2 Å². The predicted molar refractivity (Wildman–Crippen MR) is 115 cm³/mol. The lowest BCUT2D eigenvalue weighted by Gasteiger charge is -2.23. The molecule has 0 unspecified atom stereocenters. The summed E-state index contributed by atoms with van der Waals surface area (Å²) >= 11 is 8.07. The number of hydrogen-bond donors (Lipinski definition) is 0. The van der Waals surface area contributed by atoms with Crippen LogP contribution in [0.15, 0.2) is 47.4 Å². The van der Waals surface area contributed by atoms with Gasteiger partial charge in [-0.2, -0.15) is 0 Å². The van der Waals surface area contributed by atoms with E-state index in [0.29, 0.717) is 0 Å². The van der Waals surface area contributed by atoms with E-state index in [0.717, 1.165) is 24.5 Å². The topological polar surface area (TPSA) is 8.17 Å². The van der Waals surface area contributed by atoms with Crippen molar-refractivity contribution in [3.05, 3.63) is 64.3 Å². The Hall–Kier alpha value is -1.68. The molecule has 2 nitrogen and oxygen atoms in total. The molecule has 0 saturated carbocycles. The van der Waals surface area contributed by atoms with Crippen LogP contribution in [0.1, 0.15) is 23.7 Å². The molecule has 0 saturated heterocycles. The largest absolute Gasteiger partial charge is 0.320 e. The molecule has 0 bridgehead atoms. The number of hydrogen-bond acceptors (Lipinski definition) is 2. The van der Waals surface area contributed by atoms with E-state index in [4.69, 9.17) is 11.6 Å². The minimum absolute atomic E-state index is 0.805. The minimum Gasteiger partial charge on any atom is -0.320 e. The second-order valence-corrected chi connectivity index (χ2v) is 8.30. The normalized spacial score (nSPS) is 15.5. The van der Waals surface area contributed by atoms with E-state index in [1.807, 2.05) is 6.07 Å². The van der Waals surface area contributed by atoms with Crippen molar-refractivity contribution in [1.29, 1.82) is 0 Å². The Morgan fingerprint density at radius 1 is 1.15 bits per heavy atom. The van der Waals surface area contributed by atoms with Gasteiger partial charge in [0.2, 0.25) is 0 Å². The van der Waals surface area contributed by atoms with Crippen molar-refractivity contribution < 1.29 is 0 Å². The fraction of sp³-hybridized carbons (Fsp3) is 0.273. The number of fused-ring (bicyclic) bond motifs is 3. The standard InChI is InChI=1S/C22H23ClN2S/c1-15(16-4-7-18(26-3)8-5-16)13-25-21-9-6-17(23)12-19(21)20-14-24(2)11-10-22(20)25/h4-9,12-13H,10-11,14H2,1-3H3/b15-13+. The molecule has 2 heterocycles. The zero-order valence-electron chi connectivity index (χ0n) is 15.4. The lowest BCUT2D eigenvalue weighted by Crippen LogP contribution is -2.26. The first kappa shape index (κ1) is 17.7. The fourth-order valence-corrected chi connectivity index (χ4v) is 4.35. The molecule has 0 N–H and O–H groups in total. The molecule has 1 aromatic heterocycles. The third kappa shape index (κ3) is 3.20. The van der Waals surface area contributed by atoms with Crippen molar-refractivity contribution >= 4 is 46.0 Å². The Morgan fingerprint density at radius 3 is 2.65 bits per heavy atom. The molecule has 2 aromatic carbocycles. The zero-order chi connectivity index (χ0) is 18.3. The zero-order valence-corrected chi connectivity index (χ0v) is 17.0. The van der Waals surface area contributed by atoms with Crippen LogP contribution in [0.4, 0.5) is 0 Å². The summed E-state index contributed by atoms with van der Waals surface area (Å²) in [6.45, 7) is 4.26. The highest BCUT2D eigenvalue weighted by atomic mass is 35.5. The van der Waals surface area contributed by atoms with E-state index < -0.39 is 0 Å². The van der Waals surface area contributed by atoms with Crippen LogP contribution in [-0.2, 0) is 13.0 Å². The number of rotatable bonds is 3. The van der Waals surface area contributed by atoms with Crippen molar-refractivity contribution in [3.8, 4) is 0 Å². The van der Waals surface area contributed by atoms with Gasteiger partial charge in [-0.3, -0.25) is 0 Å². The van der Waals surface area contributed by atoms with E-state index in [-0.39, 0.29) is 0 Å². The summed E-state index contributed by atoms with van der Waals surface area (Å²) in [4.78, 5) is 3.67. The van der Waals surface area contributed by atoms with E-state index in [2.05, 4.69) is 72.3 Å². The minimum atomic E-state index is 0.805. The average Bonchev–Trinajstić information content (AvgIpc) is 2.94. The van der Waals surface area contributed by atoms with E-state index >= 15 is 0 Å². The number of halogens is 1. The first-order valence-electron chi connectivity index (χ1n) is 8.89. The van der Waals surface area contributed by atoms with Gasteiger partial charge in [-0.05, 0) is 67.3 Å². The number of nitrogens with zero attached hydrogens (tertiary/aromatic N) is 2. The molecule has 0 radical (unpaired) electrons. The van der Waals surface area contributed by atoms with Gasteiger partial charge in [-0.15, -0.1) is 11.8 Å². The van der Waals surface area contributed by atoms with Crippen LogP contribution in [0.25, 0.3) is 22.7 Å². The quantitative estimate of drug-likeness (QED) is 0.511. The Bertz CT molecular complexity index is 986. The second kappa shape index (κ2) is 7.15. The van der Waals surface area contributed by atoms with Crippen LogP contribution in [0.5, 0.6) is 0 Å². The molecule has 0 amide bonds. The Balaban J connectivity index is 1.85. The summed E-state index contributed by atoms with van der Waals surface area (Å²) in [5, 5.41) is 2.08. The third-order valence-electron chi connectivity index (χ3n) is 5.21. The molecule has 4 heteroatoms. The number of allylic oxidation sites excluding steroid dienone is 1. The summed E-state index contributed by atoms with van der Waals surface area (Å²) in [5.74, 6) is 0. The highest BCUT2D eigenvalue weighted by Crippen LogP contribution is 2.33. The van der Waals surface area contributed by atoms with Gasteiger partial charge < -0.3 is 9.47 Å². The van der Waals surface area contributed by atoms with Gasteiger partial charge in [0.05, 0.1) is 5.52 Å². The van der Waals surface area contributed by atoms with Crippen LogP contribution in [-0.4, -0.2) is 29.3 Å². The van der Waals surface area contributed by atoms with Gasteiger partial charge in [-0.25, -0.2) is 0 Å². The Labute approximate surface area is 164 Å². The summed E-state index contributed by atoms with van der Waals surface area (Å²) in [7, 11) is 2.19. The smallest absolute Gasteiger partial charge is 0.0529 e. The van der Waals surface area contributed by atoms with Crippen LogP contribution in [0.3, 0.4) is 0 Å². The number of likely N-dealkylation sites (N-methyl/N-ethyl adjacent to an activating group) is 1. The molecule has 0 spiro atoms. The molecular formula is C22H23ClN2S. The molecule has 0 aliphatic carbocycles. The summed E-state index contributed by atoms with van der Waals surface area (Å²) in [5.41, 5.74) is 6.61. The Kier molecular flexibility index (Phi) is 4.87. The lowest BCUT2D eigenvalue weighted by molar-refractivity contribution is 0.312. The molecule has 3 aromatic rings. The second-order valence-electron chi connectivity index (χ2n) is 6.99. The maximum atomic E-state index is 6.30. The molecule has 1 aliphatic rings. The van der Waals surface area contributed by atoms with Gasteiger partial charge >= 0.3 is 0 Å². The number of benzene rings is 2. The summed E-state index contributed by atoms with van der Waals surface area (Å²) in [6.07, 6.45) is 5.46. The highest BCUT2D eigenvalue weighted by Gasteiger charge is 2.22. The fourth-order valence-electron chi connectivity index (χ4n) is 3.77. The van der Waals surface area contributed by atoms with Gasteiger partial charge in [0.15, 0.2) is 0 Å². The molecule has 4 rings (SSSR count). The average molecular weight is 383 g/mol. The van der Waals surface area contributed by atoms with Crippen LogP contribution < -0.4 is 0 Å². The maximum Gasteiger partial charge on any atom is 0.0529 e. The van der Waals surface area contributed by atoms with Crippen LogP contribution >= 0.6 is 23.4 Å².